The van der Waals surface area contributed by atoms with Crippen molar-refractivity contribution in [1.29, 1.82) is 0 Å². The largest absolute Gasteiger partial charge is 0.516 e. The lowest BCUT2D eigenvalue weighted by Crippen LogP contribution is -2.22. The van der Waals surface area contributed by atoms with Gasteiger partial charge in [-0.3, -0.25) is 4.79 Å². The molecule has 0 spiro atoms. The lowest BCUT2D eigenvalue weighted by Gasteiger charge is -2.12. The zero-order valence-corrected chi connectivity index (χ0v) is 11.7. The van der Waals surface area contributed by atoms with Crippen LogP contribution in [-0.4, -0.2) is 27.2 Å². The Morgan fingerprint density at radius 3 is 2.35 bits per heavy atom. The molecular formula is C12H14O7S. The van der Waals surface area contributed by atoms with Crippen LogP contribution in [0.1, 0.15) is 19.4 Å². The fraction of sp³-hybridized carbons (Fsp3) is 0.333. The normalized spacial score (nSPS) is 13.2. The highest BCUT2D eigenvalue weighted by Crippen LogP contribution is 2.14. The van der Waals surface area contributed by atoms with E-state index in [-0.39, 0.29) is 11.5 Å². The highest BCUT2D eigenvalue weighted by Gasteiger charge is 2.13. The van der Waals surface area contributed by atoms with Crippen molar-refractivity contribution in [1.82, 2.24) is 0 Å². The van der Waals surface area contributed by atoms with Crippen molar-refractivity contribution in [2.24, 2.45) is 0 Å². The van der Waals surface area contributed by atoms with Gasteiger partial charge in [-0.25, -0.2) is 9.00 Å². The fourth-order valence-electron chi connectivity index (χ4n) is 1.31. The van der Waals surface area contributed by atoms with E-state index in [2.05, 4.69) is 9.47 Å². The Labute approximate surface area is 118 Å². The zero-order chi connectivity index (χ0) is 15.1. The van der Waals surface area contributed by atoms with Gasteiger partial charge in [0.1, 0.15) is 5.75 Å². The maximum absolute atomic E-state index is 11.3. The molecule has 0 bridgehead atoms. The third kappa shape index (κ3) is 6.30. The van der Waals surface area contributed by atoms with Crippen molar-refractivity contribution in [2.45, 2.75) is 25.9 Å². The van der Waals surface area contributed by atoms with Gasteiger partial charge in [-0.1, -0.05) is 12.1 Å². The molecule has 0 heterocycles. The van der Waals surface area contributed by atoms with E-state index in [1.807, 2.05) is 0 Å². The summed E-state index contributed by atoms with van der Waals surface area (Å²) < 4.78 is 33.4. The number of hydrogen-bond donors (Lipinski definition) is 1. The second-order valence-corrected chi connectivity index (χ2v) is 4.69. The lowest BCUT2D eigenvalue weighted by molar-refractivity contribution is -0.163. The predicted octanol–water partition coefficient (Wildman–Crippen LogP) is 1.83. The second kappa shape index (κ2) is 7.61. The smallest absolute Gasteiger partial charge is 0.426 e. The third-order valence-electron chi connectivity index (χ3n) is 2.01. The molecule has 0 aromatic heterocycles. The Balaban J connectivity index is 2.49. The van der Waals surface area contributed by atoms with E-state index in [0.29, 0.717) is 5.56 Å². The van der Waals surface area contributed by atoms with Gasteiger partial charge in [0.25, 0.3) is 0 Å². The summed E-state index contributed by atoms with van der Waals surface area (Å²) >= 11 is -1.93. The van der Waals surface area contributed by atoms with E-state index in [9.17, 15) is 13.8 Å². The number of carbonyl (C=O) groups is 2. The van der Waals surface area contributed by atoms with Crippen LogP contribution >= 0.6 is 0 Å². The van der Waals surface area contributed by atoms with E-state index < -0.39 is 29.5 Å². The van der Waals surface area contributed by atoms with Crippen LogP contribution in [0, 0.1) is 0 Å². The van der Waals surface area contributed by atoms with Crippen LogP contribution < -0.4 is 4.74 Å². The van der Waals surface area contributed by atoms with Crippen molar-refractivity contribution in [3.8, 4) is 5.75 Å². The molecule has 1 aromatic carbocycles. The highest BCUT2D eigenvalue weighted by atomic mass is 32.2. The van der Waals surface area contributed by atoms with Crippen LogP contribution in [0.3, 0.4) is 0 Å². The molecule has 0 saturated carbocycles. The number of hydrogen-bond acceptors (Lipinski definition) is 6. The fourth-order valence-corrected chi connectivity index (χ4v) is 1.79. The molecule has 110 valence electrons. The Morgan fingerprint density at radius 1 is 1.25 bits per heavy atom. The van der Waals surface area contributed by atoms with Crippen LogP contribution in [0.4, 0.5) is 4.79 Å². The first kappa shape index (κ1) is 16.1. The summed E-state index contributed by atoms with van der Waals surface area (Å²) in [4.78, 5) is 22.0. The SMILES string of the molecule is CC(=O)OC(C)OC(=O)Oc1ccc(CS(=O)O)cc1. The molecule has 0 fully saturated rings. The van der Waals surface area contributed by atoms with Crippen LogP contribution in [-0.2, 0) is 31.1 Å². The minimum absolute atomic E-state index is 0.00574. The molecule has 1 rings (SSSR count). The molecule has 0 aliphatic carbocycles. The molecule has 20 heavy (non-hydrogen) atoms. The van der Waals surface area contributed by atoms with Crippen molar-refractivity contribution in [3.63, 3.8) is 0 Å². The molecule has 0 amide bonds. The third-order valence-corrected chi connectivity index (χ3v) is 2.59. The maximum atomic E-state index is 11.3. The first-order valence-electron chi connectivity index (χ1n) is 5.59. The van der Waals surface area contributed by atoms with Gasteiger partial charge < -0.3 is 18.8 Å². The van der Waals surface area contributed by atoms with Crippen molar-refractivity contribution in [3.05, 3.63) is 29.8 Å². The predicted molar refractivity (Wildman–Crippen MR) is 69.3 cm³/mol. The van der Waals surface area contributed by atoms with Gasteiger partial charge in [0.2, 0.25) is 6.29 Å². The van der Waals surface area contributed by atoms with E-state index in [0.717, 1.165) is 0 Å². The Hall–Kier alpha value is -1.93. The lowest BCUT2D eigenvalue weighted by atomic mass is 10.2. The molecule has 0 radical (unpaired) electrons. The van der Waals surface area contributed by atoms with Crippen molar-refractivity contribution < 1.29 is 32.6 Å². The van der Waals surface area contributed by atoms with Crippen LogP contribution in [0.2, 0.25) is 0 Å². The number of carbonyl (C=O) groups excluding carboxylic acids is 2. The first-order valence-corrected chi connectivity index (χ1v) is 6.86. The molecule has 1 N–H and O–H groups in total. The quantitative estimate of drug-likeness (QED) is 0.383. The number of ether oxygens (including phenoxy) is 3. The van der Waals surface area contributed by atoms with Gasteiger partial charge in [0.05, 0.1) is 5.75 Å². The van der Waals surface area contributed by atoms with Crippen LogP contribution in [0.25, 0.3) is 0 Å². The van der Waals surface area contributed by atoms with E-state index in [1.54, 1.807) is 12.1 Å². The first-order chi connectivity index (χ1) is 9.36. The van der Waals surface area contributed by atoms with E-state index >= 15 is 0 Å². The summed E-state index contributed by atoms with van der Waals surface area (Å²) in [6, 6.07) is 6.01. The standard InChI is InChI=1S/C12H14O7S/c1-8(13)17-9(2)18-12(14)19-11-5-3-10(4-6-11)7-20(15)16/h3-6,9H,7H2,1-2H3,(H,15,16). The molecule has 7 nitrogen and oxygen atoms in total. The maximum Gasteiger partial charge on any atom is 0.516 e. The number of esters is 1. The monoisotopic (exact) mass is 302 g/mol. The molecular weight excluding hydrogens is 288 g/mol. The number of rotatable bonds is 5. The van der Waals surface area contributed by atoms with Crippen LogP contribution in [0.15, 0.2) is 24.3 Å². The number of benzene rings is 1. The van der Waals surface area contributed by atoms with E-state index in [4.69, 9.17) is 9.29 Å². The Bertz CT molecular complexity index is 497. The molecule has 2 unspecified atom stereocenters. The van der Waals surface area contributed by atoms with Crippen molar-refractivity contribution >= 4 is 23.2 Å². The van der Waals surface area contributed by atoms with Crippen molar-refractivity contribution in [2.75, 3.05) is 0 Å². The van der Waals surface area contributed by atoms with Gasteiger partial charge in [-0.05, 0) is 17.7 Å². The summed E-state index contributed by atoms with van der Waals surface area (Å²) in [5, 5.41) is 0. The Kier molecular flexibility index (Phi) is 6.13. The van der Waals surface area contributed by atoms with Gasteiger partial charge in [-0.2, -0.15) is 0 Å². The zero-order valence-electron chi connectivity index (χ0n) is 10.9. The van der Waals surface area contributed by atoms with E-state index in [1.165, 1.54) is 26.0 Å². The average molecular weight is 302 g/mol. The second-order valence-electron chi connectivity index (χ2n) is 3.76. The van der Waals surface area contributed by atoms with Gasteiger partial charge in [0.15, 0.2) is 11.1 Å². The van der Waals surface area contributed by atoms with Gasteiger partial charge in [-0.15, -0.1) is 0 Å². The summed E-state index contributed by atoms with van der Waals surface area (Å²) in [5.41, 5.74) is 0.625. The van der Waals surface area contributed by atoms with Gasteiger partial charge in [0, 0.05) is 13.8 Å². The summed E-state index contributed by atoms with van der Waals surface area (Å²) in [6.07, 6.45) is -2.06. The van der Waals surface area contributed by atoms with Crippen LogP contribution in [0.5, 0.6) is 5.75 Å². The molecule has 8 heteroatoms. The topological polar surface area (TPSA) is 99.1 Å². The summed E-state index contributed by atoms with van der Waals surface area (Å²) in [7, 11) is 0. The highest BCUT2D eigenvalue weighted by molar-refractivity contribution is 7.78. The molecule has 0 aliphatic rings. The average Bonchev–Trinajstić information content (AvgIpc) is 2.29. The van der Waals surface area contributed by atoms with Gasteiger partial charge >= 0.3 is 12.1 Å². The summed E-state index contributed by atoms with van der Waals surface area (Å²) in [6.45, 7) is 2.57. The molecule has 0 saturated heterocycles. The summed E-state index contributed by atoms with van der Waals surface area (Å²) in [5.74, 6) is -0.377. The molecule has 1 aromatic rings. The minimum atomic E-state index is -1.93. The molecule has 2 atom stereocenters. The molecule has 0 aliphatic heterocycles. The minimum Gasteiger partial charge on any atom is -0.426 e. The Morgan fingerprint density at radius 2 is 1.85 bits per heavy atom.